The van der Waals surface area contributed by atoms with Crippen LogP contribution in [0.25, 0.3) is 0 Å². The summed E-state index contributed by atoms with van der Waals surface area (Å²) in [7, 11) is 0. The summed E-state index contributed by atoms with van der Waals surface area (Å²) in [4.78, 5) is 0. The molecule has 0 unspecified atom stereocenters. The molecule has 0 radical (unpaired) electrons. The van der Waals surface area contributed by atoms with Crippen molar-refractivity contribution in [3.05, 3.63) is 29.3 Å². The van der Waals surface area contributed by atoms with Gasteiger partial charge in [-0.1, -0.05) is 0 Å². The van der Waals surface area contributed by atoms with Crippen LogP contribution in [0.3, 0.4) is 0 Å². The Balaban J connectivity index is 3.55. The van der Waals surface area contributed by atoms with Crippen molar-refractivity contribution in [2.75, 3.05) is 11.5 Å². The molecule has 0 heterocycles. The molecule has 0 bridgehead atoms. The molecule has 17 heteroatoms. The Morgan fingerprint density at radius 1 is 0.655 bits per heavy atom. The first-order valence-corrected chi connectivity index (χ1v) is 6.38. The minimum absolute atomic E-state index is 1.85. The van der Waals surface area contributed by atoms with Gasteiger partial charge < -0.3 is 16.2 Å². The number of hydrogen-bond acceptors (Lipinski definition) is 3. The van der Waals surface area contributed by atoms with E-state index in [0.29, 0.717) is 0 Å². The van der Waals surface area contributed by atoms with Crippen LogP contribution in [-0.4, -0.2) is 23.9 Å². The van der Waals surface area contributed by atoms with Crippen molar-refractivity contribution in [1.82, 2.24) is 0 Å². The largest absolute Gasteiger partial charge is 0.460 e. The number of anilines is 2. The Bertz CT molecular complexity index is 815. The van der Waals surface area contributed by atoms with Crippen molar-refractivity contribution in [2.45, 2.75) is 23.9 Å². The third-order valence-electron chi connectivity index (χ3n) is 3.13. The fraction of sp³-hybridized carbons (Fsp3) is 0.333. The topological polar surface area (TPSA) is 61.3 Å². The molecule has 1 aromatic rings. The highest BCUT2D eigenvalue weighted by Gasteiger charge is 2.83. The summed E-state index contributed by atoms with van der Waals surface area (Å²) in [5.41, 5.74) is 5.53. The molecular weight excluding hydrogens is 454 g/mol. The number of nitrogen functional groups attached to an aromatic ring is 2. The van der Waals surface area contributed by atoms with Crippen LogP contribution < -0.4 is 16.2 Å². The van der Waals surface area contributed by atoms with Gasteiger partial charge in [-0.3, -0.25) is 0 Å². The van der Waals surface area contributed by atoms with Gasteiger partial charge in [0.05, 0.1) is 0 Å². The quantitative estimate of drug-likeness (QED) is 0.275. The van der Waals surface area contributed by atoms with Crippen molar-refractivity contribution >= 4 is 11.4 Å². The molecule has 0 saturated heterocycles. The van der Waals surface area contributed by atoms with Crippen LogP contribution in [-0.2, 0) is 0 Å². The van der Waals surface area contributed by atoms with Crippen LogP contribution in [0.2, 0.25) is 0 Å². The van der Waals surface area contributed by atoms with E-state index < -0.39 is 70.4 Å². The van der Waals surface area contributed by atoms with Gasteiger partial charge >= 0.3 is 30.0 Å². The van der Waals surface area contributed by atoms with Crippen molar-refractivity contribution in [3.8, 4) is 5.75 Å². The lowest BCUT2D eigenvalue weighted by Gasteiger charge is -2.32. The lowest BCUT2D eigenvalue weighted by Crippen LogP contribution is -2.61. The average Bonchev–Trinajstić information content (AvgIpc) is 2.59. The number of allylic oxidation sites excluding steroid dienone is 1. The molecule has 0 spiro atoms. The van der Waals surface area contributed by atoms with Crippen molar-refractivity contribution < 1.29 is 66.2 Å². The van der Waals surface area contributed by atoms with Crippen LogP contribution in [0.15, 0.2) is 11.8 Å². The molecule has 0 aliphatic heterocycles. The van der Waals surface area contributed by atoms with Crippen molar-refractivity contribution in [3.63, 3.8) is 0 Å². The summed E-state index contributed by atoms with van der Waals surface area (Å²) < 4.78 is 183. The number of nitrogens with two attached hydrogens (primary N) is 2. The van der Waals surface area contributed by atoms with E-state index in [9.17, 15) is 61.5 Å². The molecule has 4 N–H and O–H groups in total. The van der Waals surface area contributed by atoms with Gasteiger partial charge in [0.2, 0.25) is 5.83 Å². The van der Waals surface area contributed by atoms with E-state index in [1.54, 1.807) is 0 Å². The van der Waals surface area contributed by atoms with E-state index in [2.05, 4.69) is 16.2 Å². The summed E-state index contributed by atoms with van der Waals surface area (Å²) in [6.07, 6.45) is -7.34. The van der Waals surface area contributed by atoms with Crippen LogP contribution in [0.5, 0.6) is 5.75 Å². The molecule has 0 amide bonds. The van der Waals surface area contributed by atoms with E-state index in [0.717, 1.165) is 0 Å². The zero-order valence-corrected chi connectivity index (χ0v) is 12.9. The molecule has 29 heavy (non-hydrogen) atoms. The van der Waals surface area contributed by atoms with Crippen LogP contribution in [0.4, 0.5) is 72.8 Å². The van der Waals surface area contributed by atoms with E-state index in [1.807, 2.05) is 0 Å². The highest BCUT2D eigenvalue weighted by Crippen LogP contribution is 2.56. The van der Waals surface area contributed by atoms with Crippen LogP contribution >= 0.6 is 0 Å². The monoisotopic (exact) mass is 458 g/mol. The maximum Gasteiger partial charge on any atom is 0.460 e. The van der Waals surface area contributed by atoms with Gasteiger partial charge in [0, 0.05) is 0 Å². The molecule has 0 aliphatic rings. The molecule has 3 nitrogen and oxygen atoms in total. The summed E-state index contributed by atoms with van der Waals surface area (Å²) in [5, 5.41) is 0. The Hall–Kier alpha value is -2.62. The lowest BCUT2D eigenvalue weighted by atomic mass is 10.0. The molecule has 0 saturated carbocycles. The number of hydrogen-bond donors (Lipinski definition) is 2. The maximum absolute atomic E-state index is 13.6. The number of rotatable bonds is 5. The molecule has 0 fully saturated rings. The summed E-state index contributed by atoms with van der Waals surface area (Å²) in [5.74, 6) is -35.9. The first kappa shape index (κ1) is 24.4. The SMILES string of the molecule is Nc1c(F)c(F)c(N)c(OC(F)=C(F)C(F)(F)C(F)(F)C(F)(F)C(F)(F)F)c1F. The Labute approximate surface area is 149 Å². The second-order valence-corrected chi connectivity index (χ2v) is 5.01. The van der Waals surface area contributed by atoms with E-state index in [4.69, 9.17) is 0 Å². The molecule has 0 aromatic heterocycles. The summed E-state index contributed by atoms with van der Waals surface area (Å²) in [6.45, 7) is 0. The van der Waals surface area contributed by atoms with Crippen LogP contribution in [0, 0.1) is 17.5 Å². The molecule has 1 rings (SSSR count). The fourth-order valence-corrected chi connectivity index (χ4v) is 1.54. The molecule has 166 valence electrons. The predicted octanol–water partition coefficient (Wildman–Crippen LogP) is 5.22. The van der Waals surface area contributed by atoms with Gasteiger partial charge in [-0.25, -0.2) is 13.2 Å². The Kier molecular flexibility index (Phi) is 5.90. The van der Waals surface area contributed by atoms with Gasteiger partial charge in [-0.15, -0.1) is 0 Å². The van der Waals surface area contributed by atoms with Crippen molar-refractivity contribution in [2.24, 2.45) is 0 Å². The normalized spacial score (nSPS) is 14.7. The number of ether oxygens (including phenoxy) is 1. The van der Waals surface area contributed by atoms with Gasteiger partial charge in [-0.2, -0.15) is 48.3 Å². The van der Waals surface area contributed by atoms with Crippen molar-refractivity contribution in [1.29, 1.82) is 0 Å². The van der Waals surface area contributed by atoms with E-state index in [1.165, 1.54) is 0 Å². The lowest BCUT2D eigenvalue weighted by molar-refractivity contribution is -0.392. The van der Waals surface area contributed by atoms with Gasteiger partial charge in [-0.05, 0) is 0 Å². The molecule has 0 atom stereocenters. The second kappa shape index (κ2) is 7.01. The van der Waals surface area contributed by atoms with Crippen LogP contribution in [0.1, 0.15) is 0 Å². The fourth-order valence-electron chi connectivity index (χ4n) is 1.54. The molecule has 0 aliphatic carbocycles. The average molecular weight is 458 g/mol. The highest BCUT2D eigenvalue weighted by molar-refractivity contribution is 5.63. The zero-order chi connectivity index (χ0) is 23.3. The minimum atomic E-state index is -7.62. The van der Waals surface area contributed by atoms with Gasteiger partial charge in [0.15, 0.2) is 23.2 Å². The number of alkyl halides is 9. The standard InChI is InChI=1S/C12H4F14N2O/c13-1-2(14)5(28)6(3(15)4(1)27)29-8(17)7(16)9(18,19)10(20,21)11(22,23)12(24,25)26/h27-28H2. The first-order chi connectivity index (χ1) is 12.7. The molecule has 1 aromatic carbocycles. The third-order valence-corrected chi connectivity index (χ3v) is 3.13. The zero-order valence-electron chi connectivity index (χ0n) is 12.9. The minimum Gasteiger partial charge on any atom is -0.424 e. The number of benzene rings is 1. The van der Waals surface area contributed by atoms with E-state index in [-0.39, 0.29) is 0 Å². The molecular formula is C12H4F14N2O. The van der Waals surface area contributed by atoms with Gasteiger partial charge in [0.1, 0.15) is 11.4 Å². The highest BCUT2D eigenvalue weighted by atomic mass is 19.4. The van der Waals surface area contributed by atoms with E-state index >= 15 is 0 Å². The Morgan fingerprint density at radius 2 is 1.07 bits per heavy atom. The third kappa shape index (κ3) is 3.57. The van der Waals surface area contributed by atoms with Gasteiger partial charge in [0.25, 0.3) is 0 Å². The second-order valence-electron chi connectivity index (χ2n) is 5.01. The summed E-state index contributed by atoms with van der Waals surface area (Å²) >= 11 is 0. The first-order valence-electron chi connectivity index (χ1n) is 6.38. The predicted molar refractivity (Wildman–Crippen MR) is 65.9 cm³/mol. The number of halogens is 14. The Morgan fingerprint density at radius 3 is 1.48 bits per heavy atom. The maximum atomic E-state index is 13.6. The smallest absolute Gasteiger partial charge is 0.424 e. The summed E-state index contributed by atoms with van der Waals surface area (Å²) in [6, 6.07) is -3.73.